The van der Waals surface area contributed by atoms with Crippen LogP contribution in [-0.2, 0) is 6.42 Å². The monoisotopic (exact) mass is 277 g/mol. The van der Waals surface area contributed by atoms with Crippen LogP contribution in [0.25, 0.3) is 5.57 Å². The zero-order valence-electron chi connectivity index (χ0n) is 14.7. The Hall–Kier alpha value is -1.08. The van der Waals surface area contributed by atoms with Crippen molar-refractivity contribution < 1.29 is 0 Å². The molecule has 20 heavy (non-hydrogen) atoms. The minimum atomic E-state index is 0.547. The fraction of sp³-hybridized carbons (Fsp3) is 0.579. The minimum absolute atomic E-state index is 0.547. The zero-order chi connectivity index (χ0) is 16.1. The summed E-state index contributed by atoms with van der Waals surface area (Å²) >= 11 is 0. The molecular weight excluding hydrogens is 242 g/mol. The summed E-state index contributed by atoms with van der Waals surface area (Å²) in [5, 5.41) is 0. The predicted molar refractivity (Wildman–Crippen MR) is 95.3 cm³/mol. The van der Waals surface area contributed by atoms with E-state index in [1.807, 2.05) is 13.8 Å². The van der Waals surface area contributed by atoms with Gasteiger partial charge in [0.25, 0.3) is 0 Å². The van der Waals surface area contributed by atoms with Gasteiger partial charge in [-0.3, -0.25) is 0 Å². The third kappa shape index (κ3) is 7.49. The van der Waals surface area contributed by atoms with Gasteiger partial charge < -0.3 is 5.73 Å². The number of allylic oxidation sites excluding steroid dienone is 1. The van der Waals surface area contributed by atoms with Crippen molar-refractivity contribution in [3.05, 3.63) is 41.5 Å². The standard InChI is InChI=1S/C14H21N.C3H8.C2H6/c1-10(2)12-6-5-7-13(11(3)4)14(12)8-9-15;1-3-2;1-2/h5-7,11H,1,8-9,15H2,2-4H3;3H2,1-2H3;1-2H3. The highest BCUT2D eigenvalue weighted by Gasteiger charge is 2.10. The van der Waals surface area contributed by atoms with Gasteiger partial charge in [0.2, 0.25) is 0 Å². The second kappa shape index (κ2) is 12.9. The lowest BCUT2D eigenvalue weighted by Crippen LogP contribution is -2.08. The molecule has 0 aliphatic rings. The zero-order valence-corrected chi connectivity index (χ0v) is 14.7. The van der Waals surface area contributed by atoms with Crippen LogP contribution in [0.5, 0.6) is 0 Å². The molecule has 0 saturated heterocycles. The highest BCUT2D eigenvalue weighted by Crippen LogP contribution is 2.26. The lowest BCUT2D eigenvalue weighted by Gasteiger charge is -2.16. The molecule has 1 rings (SSSR count). The van der Waals surface area contributed by atoms with Gasteiger partial charge in [-0.15, -0.1) is 0 Å². The Morgan fingerprint density at radius 2 is 1.70 bits per heavy atom. The molecule has 1 nitrogen and oxygen atoms in total. The van der Waals surface area contributed by atoms with Crippen LogP contribution in [0.2, 0.25) is 0 Å². The van der Waals surface area contributed by atoms with E-state index in [9.17, 15) is 0 Å². The molecule has 1 aromatic rings. The van der Waals surface area contributed by atoms with E-state index in [0.29, 0.717) is 12.5 Å². The van der Waals surface area contributed by atoms with E-state index in [2.05, 4.69) is 59.4 Å². The second-order valence-electron chi connectivity index (χ2n) is 5.05. The van der Waals surface area contributed by atoms with Gasteiger partial charge >= 0.3 is 0 Å². The Morgan fingerprint density at radius 1 is 1.20 bits per heavy atom. The van der Waals surface area contributed by atoms with Crippen LogP contribution in [0.4, 0.5) is 0 Å². The van der Waals surface area contributed by atoms with Crippen LogP contribution in [0.15, 0.2) is 24.8 Å². The number of nitrogens with two attached hydrogens (primary N) is 1. The van der Waals surface area contributed by atoms with Gasteiger partial charge in [-0.25, -0.2) is 0 Å². The molecule has 0 spiro atoms. The molecule has 0 amide bonds. The van der Waals surface area contributed by atoms with E-state index in [0.717, 1.165) is 12.0 Å². The average Bonchev–Trinajstić information content (AvgIpc) is 2.42. The molecule has 0 radical (unpaired) electrons. The van der Waals surface area contributed by atoms with Crippen LogP contribution in [0, 0.1) is 0 Å². The van der Waals surface area contributed by atoms with Crippen molar-refractivity contribution >= 4 is 5.57 Å². The second-order valence-corrected chi connectivity index (χ2v) is 5.05. The Labute approximate surface area is 127 Å². The highest BCUT2D eigenvalue weighted by molar-refractivity contribution is 5.66. The Bertz CT molecular complexity index is 364. The minimum Gasteiger partial charge on any atom is -0.330 e. The van der Waals surface area contributed by atoms with Crippen molar-refractivity contribution in [1.82, 2.24) is 0 Å². The number of rotatable bonds is 4. The molecule has 2 N–H and O–H groups in total. The van der Waals surface area contributed by atoms with Crippen molar-refractivity contribution in [2.45, 2.75) is 67.2 Å². The van der Waals surface area contributed by atoms with Crippen molar-refractivity contribution in [1.29, 1.82) is 0 Å². The summed E-state index contributed by atoms with van der Waals surface area (Å²) in [5.74, 6) is 0.547. The third-order valence-corrected chi connectivity index (χ3v) is 2.69. The number of hydrogen-bond donors (Lipinski definition) is 1. The SMILES string of the molecule is C=C(C)c1cccc(C(C)C)c1CCN.CC.CCC. The van der Waals surface area contributed by atoms with Gasteiger partial charge in [-0.05, 0) is 42.5 Å². The van der Waals surface area contributed by atoms with Crippen LogP contribution >= 0.6 is 0 Å². The quantitative estimate of drug-likeness (QED) is 0.741. The summed E-state index contributed by atoms with van der Waals surface area (Å²) in [6.07, 6.45) is 2.19. The first-order chi connectivity index (χ1) is 9.49. The molecule has 116 valence electrons. The maximum absolute atomic E-state index is 5.67. The molecule has 0 aliphatic carbocycles. The Balaban J connectivity index is 0. The van der Waals surface area contributed by atoms with Gasteiger partial charge in [-0.2, -0.15) is 0 Å². The van der Waals surface area contributed by atoms with Gasteiger partial charge in [0.1, 0.15) is 0 Å². The van der Waals surface area contributed by atoms with Crippen LogP contribution in [0.3, 0.4) is 0 Å². The summed E-state index contributed by atoms with van der Waals surface area (Å²) in [6.45, 7) is 19.5. The van der Waals surface area contributed by atoms with Gasteiger partial charge in [-0.1, -0.05) is 78.3 Å². The largest absolute Gasteiger partial charge is 0.330 e. The summed E-state index contributed by atoms with van der Waals surface area (Å²) in [6, 6.07) is 6.45. The fourth-order valence-electron chi connectivity index (χ4n) is 1.97. The maximum Gasteiger partial charge on any atom is -0.00364 e. The first-order valence-corrected chi connectivity index (χ1v) is 7.97. The van der Waals surface area contributed by atoms with E-state index in [4.69, 9.17) is 5.73 Å². The first-order valence-electron chi connectivity index (χ1n) is 7.97. The summed E-state index contributed by atoms with van der Waals surface area (Å²) < 4.78 is 0. The molecule has 0 aromatic heterocycles. The van der Waals surface area contributed by atoms with E-state index in [1.54, 1.807) is 0 Å². The normalized spacial score (nSPS) is 9.25. The summed E-state index contributed by atoms with van der Waals surface area (Å²) in [5.41, 5.74) is 10.8. The Morgan fingerprint density at radius 3 is 2.05 bits per heavy atom. The fourth-order valence-corrected chi connectivity index (χ4v) is 1.97. The summed E-state index contributed by atoms with van der Waals surface area (Å²) in [7, 11) is 0. The van der Waals surface area contributed by atoms with Crippen molar-refractivity contribution in [2.75, 3.05) is 6.54 Å². The highest BCUT2D eigenvalue weighted by atomic mass is 14.5. The number of benzene rings is 1. The third-order valence-electron chi connectivity index (χ3n) is 2.69. The lowest BCUT2D eigenvalue weighted by molar-refractivity contribution is 0.830. The average molecular weight is 277 g/mol. The maximum atomic E-state index is 5.67. The van der Waals surface area contributed by atoms with Gasteiger partial charge in [0.05, 0.1) is 0 Å². The predicted octanol–water partition coefficient (Wildman–Crippen LogP) is 5.79. The van der Waals surface area contributed by atoms with E-state index < -0.39 is 0 Å². The van der Waals surface area contributed by atoms with Crippen LogP contribution in [0.1, 0.15) is 77.5 Å². The molecular formula is C19H35N. The molecule has 0 bridgehead atoms. The van der Waals surface area contributed by atoms with Crippen molar-refractivity contribution in [3.63, 3.8) is 0 Å². The molecule has 0 saturated carbocycles. The van der Waals surface area contributed by atoms with Gasteiger partial charge in [0, 0.05) is 0 Å². The molecule has 0 heterocycles. The molecule has 0 fully saturated rings. The van der Waals surface area contributed by atoms with Crippen molar-refractivity contribution in [2.24, 2.45) is 5.73 Å². The molecule has 1 aromatic carbocycles. The number of hydrogen-bond acceptors (Lipinski definition) is 1. The van der Waals surface area contributed by atoms with Crippen LogP contribution < -0.4 is 5.73 Å². The molecule has 0 aliphatic heterocycles. The molecule has 0 atom stereocenters. The molecule has 1 heteroatoms. The topological polar surface area (TPSA) is 26.0 Å². The first kappa shape index (κ1) is 21.2. The van der Waals surface area contributed by atoms with E-state index in [-0.39, 0.29) is 0 Å². The van der Waals surface area contributed by atoms with E-state index >= 15 is 0 Å². The molecule has 0 unspecified atom stereocenters. The van der Waals surface area contributed by atoms with Crippen molar-refractivity contribution in [3.8, 4) is 0 Å². The Kier molecular flexibility index (Phi) is 13.7. The van der Waals surface area contributed by atoms with Crippen LogP contribution in [-0.4, -0.2) is 6.54 Å². The summed E-state index contributed by atoms with van der Waals surface area (Å²) in [4.78, 5) is 0. The van der Waals surface area contributed by atoms with E-state index in [1.165, 1.54) is 23.1 Å². The van der Waals surface area contributed by atoms with Gasteiger partial charge in [0.15, 0.2) is 0 Å². The smallest absolute Gasteiger partial charge is 0.00364 e. The lowest BCUT2D eigenvalue weighted by atomic mass is 9.89.